The lowest BCUT2D eigenvalue weighted by Crippen LogP contribution is -2.42. The topological polar surface area (TPSA) is 83.5 Å². The molecule has 0 bridgehead atoms. The van der Waals surface area contributed by atoms with Gasteiger partial charge in [-0.05, 0) is 30.8 Å². The molecule has 0 aliphatic heterocycles. The minimum absolute atomic E-state index is 0.0201. The molecule has 5 nitrogen and oxygen atoms in total. The van der Waals surface area contributed by atoms with E-state index >= 15 is 0 Å². The van der Waals surface area contributed by atoms with Crippen molar-refractivity contribution in [3.63, 3.8) is 0 Å². The molecule has 17 heavy (non-hydrogen) atoms. The Balaban J connectivity index is 4.37. The third kappa shape index (κ3) is 8.45. The van der Waals surface area contributed by atoms with E-state index in [0.29, 0.717) is 18.6 Å². The number of hydrogen-bond acceptors (Lipinski definition) is 4. The van der Waals surface area contributed by atoms with Crippen molar-refractivity contribution in [1.29, 1.82) is 0 Å². The van der Waals surface area contributed by atoms with E-state index in [1.165, 1.54) is 11.8 Å². The lowest BCUT2D eigenvalue weighted by Gasteiger charge is -2.14. The highest BCUT2D eigenvalue weighted by Crippen LogP contribution is 2.06. The quantitative estimate of drug-likeness (QED) is 0.663. The zero-order valence-electron chi connectivity index (χ0n) is 10.5. The van der Waals surface area contributed by atoms with Gasteiger partial charge < -0.3 is 5.11 Å². The van der Waals surface area contributed by atoms with Crippen LogP contribution in [0.2, 0.25) is 0 Å². The Morgan fingerprint density at radius 3 is 2.35 bits per heavy atom. The number of rotatable bonds is 9. The third-order valence-electron chi connectivity index (χ3n) is 2.19. The number of hydrogen-bond donors (Lipinski definition) is 2. The Bertz CT molecular complexity index is 327. The van der Waals surface area contributed by atoms with Crippen LogP contribution >= 0.6 is 11.8 Å². The molecule has 102 valence electrons. The fraction of sp³-hybridized carbons (Fsp3) is 0.900. The predicted octanol–water partition coefficient (Wildman–Crippen LogP) is 1.16. The first-order valence-corrected chi connectivity index (χ1v) is 8.55. The molecule has 2 N–H and O–H groups in total. The number of carbonyl (C=O) groups is 1. The van der Waals surface area contributed by atoms with Gasteiger partial charge in [-0.15, -0.1) is 0 Å². The second kappa shape index (κ2) is 7.94. The van der Waals surface area contributed by atoms with Crippen LogP contribution in [-0.2, 0) is 14.8 Å². The van der Waals surface area contributed by atoms with Crippen molar-refractivity contribution in [2.75, 3.05) is 17.8 Å². The monoisotopic (exact) mass is 283 g/mol. The average Bonchev–Trinajstić information content (AvgIpc) is 2.21. The number of nitrogens with one attached hydrogen (secondary N) is 1. The molecule has 0 aromatic heterocycles. The first kappa shape index (κ1) is 16.7. The van der Waals surface area contributed by atoms with Gasteiger partial charge in [-0.3, -0.25) is 4.79 Å². The molecule has 0 saturated heterocycles. The van der Waals surface area contributed by atoms with Gasteiger partial charge in [0.25, 0.3) is 0 Å². The smallest absolute Gasteiger partial charge is 0.321 e. The highest BCUT2D eigenvalue weighted by molar-refractivity contribution is 7.98. The van der Waals surface area contributed by atoms with E-state index in [4.69, 9.17) is 5.11 Å². The maximum atomic E-state index is 11.6. The molecule has 1 unspecified atom stereocenters. The van der Waals surface area contributed by atoms with Crippen LogP contribution in [0.5, 0.6) is 0 Å². The third-order valence-corrected chi connectivity index (χ3v) is 4.26. The Morgan fingerprint density at radius 2 is 1.94 bits per heavy atom. The number of thioether (sulfide) groups is 1. The molecule has 0 fully saturated rings. The fourth-order valence-electron chi connectivity index (χ4n) is 1.14. The number of aliphatic carboxylic acids is 1. The van der Waals surface area contributed by atoms with E-state index < -0.39 is 22.0 Å². The minimum Gasteiger partial charge on any atom is -0.480 e. The summed E-state index contributed by atoms with van der Waals surface area (Å²) in [6, 6.07) is -1.01. The summed E-state index contributed by atoms with van der Waals surface area (Å²) in [5, 5.41) is 8.90. The van der Waals surface area contributed by atoms with E-state index in [0.717, 1.165) is 0 Å². The summed E-state index contributed by atoms with van der Waals surface area (Å²) in [4.78, 5) is 10.9. The zero-order chi connectivity index (χ0) is 13.5. The summed E-state index contributed by atoms with van der Waals surface area (Å²) in [6.45, 7) is 3.86. The SMILES string of the molecule is CSCCC(NS(=O)(=O)CCC(C)C)C(=O)O. The van der Waals surface area contributed by atoms with Crippen molar-refractivity contribution in [2.45, 2.75) is 32.7 Å². The first-order valence-electron chi connectivity index (χ1n) is 5.50. The zero-order valence-corrected chi connectivity index (χ0v) is 12.1. The van der Waals surface area contributed by atoms with Gasteiger partial charge in [0.15, 0.2) is 0 Å². The molecule has 0 spiro atoms. The van der Waals surface area contributed by atoms with E-state index in [1.54, 1.807) is 0 Å². The van der Waals surface area contributed by atoms with E-state index in [2.05, 4.69) is 4.72 Å². The van der Waals surface area contributed by atoms with Crippen LogP contribution in [0.15, 0.2) is 0 Å². The van der Waals surface area contributed by atoms with Crippen molar-refractivity contribution in [2.24, 2.45) is 5.92 Å². The summed E-state index contributed by atoms with van der Waals surface area (Å²) in [6.07, 6.45) is 2.69. The Morgan fingerprint density at radius 1 is 1.35 bits per heavy atom. The normalized spacial score (nSPS) is 13.9. The minimum atomic E-state index is -3.49. The van der Waals surface area contributed by atoms with Crippen LogP contribution in [0.25, 0.3) is 0 Å². The van der Waals surface area contributed by atoms with Crippen molar-refractivity contribution in [3.05, 3.63) is 0 Å². The number of carboxylic acids is 1. The number of carboxylic acid groups (broad SMARTS) is 1. The highest BCUT2D eigenvalue weighted by atomic mass is 32.2. The summed E-state index contributed by atoms with van der Waals surface area (Å²) in [5.41, 5.74) is 0. The van der Waals surface area contributed by atoms with Crippen molar-refractivity contribution >= 4 is 27.8 Å². The number of sulfonamides is 1. The lowest BCUT2D eigenvalue weighted by molar-refractivity contribution is -0.139. The van der Waals surface area contributed by atoms with Gasteiger partial charge in [-0.25, -0.2) is 13.1 Å². The van der Waals surface area contributed by atoms with Crippen LogP contribution in [0, 0.1) is 5.92 Å². The molecule has 0 aliphatic rings. The van der Waals surface area contributed by atoms with E-state index in [1.807, 2.05) is 20.1 Å². The maximum Gasteiger partial charge on any atom is 0.321 e. The van der Waals surface area contributed by atoms with Gasteiger partial charge in [-0.1, -0.05) is 13.8 Å². The molecule has 0 saturated carbocycles. The Labute approximate surface area is 107 Å². The highest BCUT2D eigenvalue weighted by Gasteiger charge is 2.23. The maximum absolute atomic E-state index is 11.6. The lowest BCUT2D eigenvalue weighted by atomic mass is 10.2. The molecule has 7 heteroatoms. The molecule has 1 atom stereocenters. The van der Waals surface area contributed by atoms with Gasteiger partial charge in [0.1, 0.15) is 6.04 Å². The van der Waals surface area contributed by atoms with E-state index in [9.17, 15) is 13.2 Å². The van der Waals surface area contributed by atoms with Crippen LogP contribution < -0.4 is 4.72 Å². The van der Waals surface area contributed by atoms with Gasteiger partial charge in [-0.2, -0.15) is 11.8 Å². The van der Waals surface area contributed by atoms with Gasteiger partial charge in [0.2, 0.25) is 10.0 Å². The predicted molar refractivity (Wildman–Crippen MR) is 70.8 cm³/mol. The second-order valence-corrected chi connectivity index (χ2v) is 7.15. The molecular weight excluding hydrogens is 262 g/mol. The van der Waals surface area contributed by atoms with Crippen molar-refractivity contribution in [1.82, 2.24) is 4.72 Å². The fourth-order valence-corrected chi connectivity index (χ4v) is 3.16. The van der Waals surface area contributed by atoms with Gasteiger partial charge in [0, 0.05) is 0 Å². The molecule has 0 amide bonds. The van der Waals surface area contributed by atoms with Gasteiger partial charge >= 0.3 is 5.97 Å². The summed E-state index contributed by atoms with van der Waals surface area (Å²) < 4.78 is 25.5. The Kier molecular flexibility index (Phi) is 7.82. The van der Waals surface area contributed by atoms with Crippen LogP contribution in [0.4, 0.5) is 0 Å². The van der Waals surface area contributed by atoms with E-state index in [-0.39, 0.29) is 11.7 Å². The van der Waals surface area contributed by atoms with Crippen molar-refractivity contribution in [3.8, 4) is 0 Å². The first-order chi connectivity index (χ1) is 7.78. The van der Waals surface area contributed by atoms with Gasteiger partial charge in [0.05, 0.1) is 5.75 Å². The molecule has 0 aromatic rings. The second-order valence-electron chi connectivity index (χ2n) is 4.29. The Hall–Kier alpha value is -0.270. The summed E-state index contributed by atoms with van der Waals surface area (Å²) >= 11 is 1.49. The van der Waals surface area contributed by atoms with Crippen LogP contribution in [0.1, 0.15) is 26.7 Å². The molecule has 0 aliphatic carbocycles. The van der Waals surface area contributed by atoms with Crippen molar-refractivity contribution < 1.29 is 18.3 Å². The molecule has 0 rings (SSSR count). The van der Waals surface area contributed by atoms with Crippen LogP contribution in [-0.4, -0.2) is 43.3 Å². The largest absolute Gasteiger partial charge is 0.480 e. The standard InChI is InChI=1S/C10H21NO4S2/c1-8(2)5-7-17(14,15)11-9(10(12)13)4-6-16-3/h8-9,11H,4-7H2,1-3H3,(H,12,13). The summed E-state index contributed by atoms with van der Waals surface area (Å²) in [7, 11) is -3.49. The molecule has 0 heterocycles. The molecule has 0 radical (unpaired) electrons. The average molecular weight is 283 g/mol. The van der Waals surface area contributed by atoms with Crippen LogP contribution in [0.3, 0.4) is 0 Å². The summed E-state index contributed by atoms with van der Waals surface area (Å²) in [5.74, 6) is -0.245. The molecule has 0 aromatic carbocycles. The molecular formula is C10H21NO4S2.